The summed E-state index contributed by atoms with van der Waals surface area (Å²) in [5, 5.41) is 3.02. The van der Waals surface area contributed by atoms with Crippen LogP contribution in [0.5, 0.6) is 11.6 Å². The maximum atomic E-state index is 12.8. The van der Waals surface area contributed by atoms with Crippen molar-refractivity contribution in [2.75, 3.05) is 23.3 Å². The fourth-order valence-electron chi connectivity index (χ4n) is 3.52. The predicted octanol–water partition coefficient (Wildman–Crippen LogP) is 5.19. The molecule has 1 amide bonds. The van der Waals surface area contributed by atoms with Gasteiger partial charge in [-0.05, 0) is 50.1 Å². The third-order valence-electron chi connectivity index (χ3n) is 5.07. The van der Waals surface area contributed by atoms with Gasteiger partial charge in [0.25, 0.3) is 5.88 Å². The van der Waals surface area contributed by atoms with Crippen LogP contribution in [0, 0.1) is 12.8 Å². The molecule has 0 spiro atoms. The standard InChI is InChI=1S/C23H23BrN4O2/c1-16-7-9-20(10-8-16)30-23-21(25-11-12-26-23)28-13-3-4-17(15-28)22(29)27-19-6-2-5-18(24)14-19/h2,5-12,14,17H,3-4,13,15H2,1H3,(H,27,29)/t17-/m1/s1. The highest BCUT2D eigenvalue weighted by atomic mass is 79.9. The second kappa shape index (κ2) is 9.26. The normalized spacial score (nSPS) is 16.2. The van der Waals surface area contributed by atoms with Crippen molar-refractivity contribution in [2.45, 2.75) is 19.8 Å². The van der Waals surface area contributed by atoms with Crippen LogP contribution >= 0.6 is 15.9 Å². The maximum absolute atomic E-state index is 12.8. The molecule has 0 radical (unpaired) electrons. The molecule has 1 aliphatic heterocycles. The Morgan fingerprint density at radius 2 is 1.97 bits per heavy atom. The molecule has 1 aliphatic rings. The number of aromatic nitrogens is 2. The topological polar surface area (TPSA) is 67.4 Å². The molecule has 0 aliphatic carbocycles. The molecule has 154 valence electrons. The summed E-state index contributed by atoms with van der Waals surface area (Å²) in [6.07, 6.45) is 5.01. The Labute approximate surface area is 184 Å². The minimum Gasteiger partial charge on any atom is -0.436 e. The number of benzene rings is 2. The van der Waals surface area contributed by atoms with Crippen molar-refractivity contribution < 1.29 is 9.53 Å². The number of halogens is 1. The molecule has 0 unspecified atom stereocenters. The summed E-state index contributed by atoms with van der Waals surface area (Å²) >= 11 is 3.44. The number of amides is 1. The van der Waals surface area contributed by atoms with Crippen LogP contribution in [0.2, 0.25) is 0 Å². The SMILES string of the molecule is Cc1ccc(Oc2nccnc2N2CCC[C@@H](C(=O)Nc3cccc(Br)c3)C2)cc1. The Hall–Kier alpha value is -2.93. The number of hydrogen-bond donors (Lipinski definition) is 1. The van der Waals surface area contributed by atoms with Crippen LogP contribution in [0.15, 0.2) is 65.4 Å². The van der Waals surface area contributed by atoms with E-state index in [1.807, 2.05) is 55.5 Å². The molecule has 1 fully saturated rings. The fourth-order valence-corrected chi connectivity index (χ4v) is 3.92. The summed E-state index contributed by atoms with van der Waals surface area (Å²) in [6, 6.07) is 15.4. The van der Waals surface area contributed by atoms with Gasteiger partial charge in [-0.1, -0.05) is 39.7 Å². The number of hydrogen-bond acceptors (Lipinski definition) is 5. The van der Waals surface area contributed by atoms with E-state index in [1.54, 1.807) is 12.4 Å². The number of rotatable bonds is 5. The third-order valence-corrected chi connectivity index (χ3v) is 5.56. The van der Waals surface area contributed by atoms with Crippen molar-refractivity contribution in [2.24, 2.45) is 5.92 Å². The molecule has 0 saturated carbocycles. The summed E-state index contributed by atoms with van der Waals surface area (Å²) in [4.78, 5) is 23.8. The zero-order valence-electron chi connectivity index (χ0n) is 16.7. The lowest BCUT2D eigenvalue weighted by Gasteiger charge is -2.33. The number of nitrogens with zero attached hydrogens (tertiary/aromatic N) is 3. The predicted molar refractivity (Wildman–Crippen MR) is 121 cm³/mol. The van der Waals surface area contributed by atoms with Crippen molar-refractivity contribution in [1.29, 1.82) is 0 Å². The largest absolute Gasteiger partial charge is 0.436 e. The second-order valence-electron chi connectivity index (χ2n) is 7.38. The smallest absolute Gasteiger partial charge is 0.263 e. The van der Waals surface area contributed by atoms with Crippen molar-refractivity contribution in [3.63, 3.8) is 0 Å². The van der Waals surface area contributed by atoms with Crippen LogP contribution in [0.1, 0.15) is 18.4 Å². The van der Waals surface area contributed by atoms with Crippen molar-refractivity contribution in [3.8, 4) is 11.6 Å². The first kappa shape index (κ1) is 20.3. The summed E-state index contributed by atoms with van der Waals surface area (Å²) < 4.78 is 6.93. The van der Waals surface area contributed by atoms with Gasteiger partial charge in [0.15, 0.2) is 5.82 Å². The molecule has 0 bridgehead atoms. The van der Waals surface area contributed by atoms with E-state index in [-0.39, 0.29) is 11.8 Å². The summed E-state index contributed by atoms with van der Waals surface area (Å²) in [5.74, 6) is 1.71. The number of nitrogens with one attached hydrogen (secondary N) is 1. The van der Waals surface area contributed by atoms with E-state index in [1.165, 1.54) is 0 Å². The lowest BCUT2D eigenvalue weighted by Crippen LogP contribution is -2.41. The van der Waals surface area contributed by atoms with Gasteiger partial charge in [0.2, 0.25) is 5.91 Å². The molecule has 2 aromatic carbocycles. The maximum Gasteiger partial charge on any atom is 0.263 e. The minimum absolute atomic E-state index is 0.0164. The van der Waals surface area contributed by atoms with Crippen LogP contribution in [0.25, 0.3) is 0 Å². The van der Waals surface area contributed by atoms with Gasteiger partial charge in [0.05, 0.1) is 5.92 Å². The van der Waals surface area contributed by atoms with E-state index in [4.69, 9.17) is 4.74 Å². The van der Waals surface area contributed by atoms with E-state index in [9.17, 15) is 4.79 Å². The first-order valence-electron chi connectivity index (χ1n) is 9.95. The van der Waals surface area contributed by atoms with Crippen LogP contribution in [0.4, 0.5) is 11.5 Å². The zero-order valence-corrected chi connectivity index (χ0v) is 18.3. The van der Waals surface area contributed by atoms with Gasteiger partial charge < -0.3 is 15.0 Å². The molecule has 1 saturated heterocycles. The molecular formula is C23H23BrN4O2. The number of carbonyl (C=O) groups is 1. The van der Waals surface area contributed by atoms with Gasteiger partial charge in [-0.15, -0.1) is 0 Å². The van der Waals surface area contributed by atoms with Gasteiger partial charge in [0, 0.05) is 35.6 Å². The monoisotopic (exact) mass is 466 g/mol. The van der Waals surface area contributed by atoms with Crippen molar-refractivity contribution in [3.05, 3.63) is 71.0 Å². The number of carbonyl (C=O) groups excluding carboxylic acids is 1. The van der Waals surface area contributed by atoms with Crippen molar-refractivity contribution in [1.82, 2.24) is 9.97 Å². The Bertz CT molecular complexity index is 1030. The molecule has 2 heterocycles. The average Bonchev–Trinajstić information content (AvgIpc) is 2.76. The average molecular weight is 467 g/mol. The van der Waals surface area contributed by atoms with Gasteiger partial charge >= 0.3 is 0 Å². The Balaban J connectivity index is 1.48. The first-order chi connectivity index (χ1) is 14.6. The van der Waals surface area contributed by atoms with Gasteiger partial charge in [-0.25, -0.2) is 9.97 Å². The van der Waals surface area contributed by atoms with Crippen LogP contribution in [-0.4, -0.2) is 29.0 Å². The Morgan fingerprint density at radius 1 is 1.17 bits per heavy atom. The molecule has 3 aromatic rings. The molecule has 6 nitrogen and oxygen atoms in total. The number of piperidine rings is 1. The summed E-state index contributed by atoms with van der Waals surface area (Å²) in [7, 11) is 0. The fraction of sp³-hybridized carbons (Fsp3) is 0.261. The van der Waals surface area contributed by atoms with E-state index in [0.29, 0.717) is 24.0 Å². The van der Waals surface area contributed by atoms with Gasteiger partial charge in [0.1, 0.15) is 5.75 Å². The molecule has 1 N–H and O–H groups in total. The Morgan fingerprint density at radius 3 is 2.77 bits per heavy atom. The highest BCUT2D eigenvalue weighted by molar-refractivity contribution is 9.10. The van der Waals surface area contributed by atoms with Crippen LogP contribution < -0.4 is 15.0 Å². The van der Waals surface area contributed by atoms with Gasteiger partial charge in [-0.3, -0.25) is 4.79 Å². The summed E-state index contributed by atoms with van der Waals surface area (Å²) in [5.41, 5.74) is 1.95. The van der Waals surface area contributed by atoms with E-state index < -0.39 is 0 Å². The van der Waals surface area contributed by atoms with Crippen LogP contribution in [0.3, 0.4) is 0 Å². The van der Waals surface area contributed by atoms with Crippen LogP contribution in [-0.2, 0) is 4.79 Å². The molecule has 1 atom stereocenters. The highest BCUT2D eigenvalue weighted by Crippen LogP contribution is 2.31. The van der Waals surface area contributed by atoms with Gasteiger partial charge in [-0.2, -0.15) is 0 Å². The molecular weight excluding hydrogens is 444 g/mol. The lowest BCUT2D eigenvalue weighted by molar-refractivity contribution is -0.120. The number of aryl methyl sites for hydroxylation is 1. The molecule has 4 rings (SSSR count). The second-order valence-corrected chi connectivity index (χ2v) is 8.30. The summed E-state index contributed by atoms with van der Waals surface area (Å²) in [6.45, 7) is 3.41. The lowest BCUT2D eigenvalue weighted by atomic mass is 9.97. The third kappa shape index (κ3) is 4.97. The zero-order chi connectivity index (χ0) is 20.9. The highest BCUT2D eigenvalue weighted by Gasteiger charge is 2.28. The quantitative estimate of drug-likeness (QED) is 0.559. The molecule has 1 aromatic heterocycles. The van der Waals surface area contributed by atoms with E-state index >= 15 is 0 Å². The molecule has 30 heavy (non-hydrogen) atoms. The number of ether oxygens (including phenoxy) is 1. The first-order valence-corrected chi connectivity index (χ1v) is 10.7. The van der Waals surface area contributed by atoms with E-state index in [2.05, 4.69) is 36.1 Å². The molecule has 7 heteroatoms. The van der Waals surface area contributed by atoms with E-state index in [0.717, 1.165) is 35.1 Å². The number of anilines is 2. The Kier molecular flexibility index (Phi) is 6.28. The minimum atomic E-state index is -0.132. The van der Waals surface area contributed by atoms with Crippen molar-refractivity contribution >= 4 is 33.3 Å².